The maximum atomic E-state index is 13.2. The average Bonchev–Trinajstić information content (AvgIpc) is 3.58. The van der Waals surface area contributed by atoms with E-state index in [9.17, 15) is 49.1 Å². The van der Waals surface area contributed by atoms with E-state index >= 15 is 0 Å². The molecule has 0 spiro atoms. The molecule has 1 atom stereocenters. The standard InChI is InChI=1S/C32H27N9O11S3/c1-18-29(31(43)40(37-18)22-7-11-24(12-8-22)54(47,48)49)35-33-20-3-5-21(6-4-20)39-53(45,46)26-15-16-28(42)27(17-26)34-36-30-19(2)38-41(32(30)44)23-9-13-25(14-10-23)55(50,51)52/h3-17,29,38-39,42H,1-2H3,(H,47,48,49)(H,50,51,52). The molecular weight excluding hydrogens is 783 g/mol. The predicted octanol–water partition coefficient (Wildman–Crippen LogP) is 4.76. The monoisotopic (exact) mass is 809 g/mol. The Morgan fingerprint density at radius 2 is 1.29 bits per heavy atom. The van der Waals surface area contributed by atoms with Gasteiger partial charge in [-0.2, -0.15) is 37.2 Å². The zero-order chi connectivity index (χ0) is 39.9. The molecule has 1 unspecified atom stereocenters. The summed E-state index contributed by atoms with van der Waals surface area (Å²) in [4.78, 5) is 25.0. The molecule has 55 heavy (non-hydrogen) atoms. The Morgan fingerprint density at radius 3 is 1.87 bits per heavy atom. The number of nitrogens with one attached hydrogen (secondary N) is 2. The van der Waals surface area contributed by atoms with Gasteiger partial charge in [0.25, 0.3) is 41.7 Å². The van der Waals surface area contributed by atoms with Gasteiger partial charge >= 0.3 is 0 Å². The number of hydrogen-bond acceptors (Lipinski definition) is 14. The number of anilines is 2. The van der Waals surface area contributed by atoms with Gasteiger partial charge in [-0.25, -0.2) is 13.1 Å². The van der Waals surface area contributed by atoms with E-state index in [0.29, 0.717) is 5.71 Å². The van der Waals surface area contributed by atoms with Gasteiger partial charge in [-0.15, -0.1) is 10.2 Å². The predicted molar refractivity (Wildman–Crippen MR) is 196 cm³/mol. The van der Waals surface area contributed by atoms with Crippen molar-refractivity contribution in [1.29, 1.82) is 0 Å². The largest absolute Gasteiger partial charge is 0.506 e. The van der Waals surface area contributed by atoms with Crippen molar-refractivity contribution in [2.24, 2.45) is 25.6 Å². The summed E-state index contributed by atoms with van der Waals surface area (Å²) in [5, 5.41) is 34.3. The summed E-state index contributed by atoms with van der Waals surface area (Å²) in [6.07, 6.45) is 0. The molecule has 5 N–H and O–H groups in total. The van der Waals surface area contributed by atoms with Crippen LogP contribution in [-0.2, 0) is 35.1 Å². The Bertz CT molecular complexity index is 2820. The molecule has 284 valence electrons. The lowest BCUT2D eigenvalue weighted by atomic mass is 10.2. The molecule has 0 radical (unpaired) electrons. The number of benzene rings is 4. The number of hydrazone groups is 1. The molecule has 1 aliphatic heterocycles. The number of aromatic nitrogens is 2. The van der Waals surface area contributed by atoms with Crippen molar-refractivity contribution in [3.8, 4) is 11.4 Å². The highest BCUT2D eigenvalue weighted by molar-refractivity contribution is 7.92. The molecule has 1 aliphatic rings. The first-order valence-electron chi connectivity index (χ1n) is 15.5. The number of phenolic OH excluding ortho intramolecular Hbond substituents is 1. The summed E-state index contributed by atoms with van der Waals surface area (Å²) in [6.45, 7) is 3.06. The lowest BCUT2D eigenvalue weighted by molar-refractivity contribution is -0.117. The quantitative estimate of drug-likeness (QED) is 0.0895. The lowest BCUT2D eigenvalue weighted by Crippen LogP contribution is -2.29. The number of amides is 1. The average molecular weight is 810 g/mol. The second-order valence-electron chi connectivity index (χ2n) is 11.7. The maximum Gasteiger partial charge on any atom is 0.299 e. The van der Waals surface area contributed by atoms with Crippen molar-refractivity contribution in [3.63, 3.8) is 0 Å². The van der Waals surface area contributed by atoms with E-state index in [2.05, 4.69) is 35.4 Å². The second-order valence-corrected chi connectivity index (χ2v) is 16.2. The van der Waals surface area contributed by atoms with Crippen LogP contribution in [-0.4, -0.2) is 66.9 Å². The van der Waals surface area contributed by atoms with Gasteiger partial charge in [0.1, 0.15) is 11.4 Å². The highest BCUT2D eigenvalue weighted by Gasteiger charge is 2.35. The number of H-pyrrole nitrogens is 1. The molecule has 20 nitrogen and oxygen atoms in total. The number of azo groups is 2. The minimum Gasteiger partial charge on any atom is -0.506 e. The van der Waals surface area contributed by atoms with Crippen LogP contribution in [0.5, 0.6) is 5.75 Å². The molecule has 0 aliphatic carbocycles. The second kappa shape index (κ2) is 14.4. The SMILES string of the molecule is CC1=NN(c2ccc(S(=O)(=O)O)cc2)C(=O)C1N=Nc1ccc(NS(=O)(=O)c2ccc(O)c(N=Nc3c(C)[nH]n(-c4ccc(S(=O)(=O)O)cc4)c3=O)c2)cc1. The van der Waals surface area contributed by atoms with E-state index in [1.54, 1.807) is 6.92 Å². The van der Waals surface area contributed by atoms with Gasteiger partial charge in [-0.1, -0.05) is 0 Å². The van der Waals surface area contributed by atoms with Gasteiger partial charge in [-0.05, 0) is 105 Å². The summed E-state index contributed by atoms with van der Waals surface area (Å²) < 4.78 is 93.6. The van der Waals surface area contributed by atoms with Gasteiger partial charge < -0.3 is 5.11 Å². The molecule has 1 amide bonds. The number of rotatable bonds is 11. The topological polar surface area (TPSA) is 295 Å². The van der Waals surface area contributed by atoms with Crippen LogP contribution in [0, 0.1) is 6.92 Å². The van der Waals surface area contributed by atoms with Gasteiger partial charge in [-0.3, -0.25) is 28.5 Å². The third kappa shape index (κ3) is 8.24. The first-order chi connectivity index (χ1) is 25.8. The van der Waals surface area contributed by atoms with Gasteiger partial charge in [0.2, 0.25) is 0 Å². The molecule has 2 heterocycles. The molecule has 0 saturated carbocycles. The maximum absolute atomic E-state index is 13.2. The first-order valence-corrected chi connectivity index (χ1v) is 19.8. The van der Waals surface area contributed by atoms with E-state index in [-0.39, 0.29) is 54.5 Å². The fraction of sp³-hybridized carbons (Fsp3) is 0.0938. The van der Waals surface area contributed by atoms with Crippen molar-refractivity contribution < 1.29 is 44.3 Å². The van der Waals surface area contributed by atoms with Gasteiger partial charge in [0, 0.05) is 5.69 Å². The zero-order valence-corrected chi connectivity index (χ0v) is 30.6. The number of carbonyl (C=O) groups excluding carboxylic acids is 1. The van der Waals surface area contributed by atoms with Crippen molar-refractivity contribution in [2.75, 3.05) is 9.73 Å². The molecule has 1 aromatic heterocycles. The van der Waals surface area contributed by atoms with Gasteiger partial charge in [0.15, 0.2) is 11.7 Å². The number of aryl methyl sites for hydroxylation is 1. The number of phenols is 1. The fourth-order valence-corrected chi connectivity index (χ4v) is 7.07. The van der Waals surface area contributed by atoms with E-state index in [0.717, 1.165) is 52.2 Å². The van der Waals surface area contributed by atoms with Crippen LogP contribution in [0.25, 0.3) is 5.69 Å². The van der Waals surface area contributed by atoms with Crippen LogP contribution in [0.2, 0.25) is 0 Å². The zero-order valence-electron chi connectivity index (χ0n) is 28.2. The Labute approximate surface area is 311 Å². The molecule has 0 bridgehead atoms. The Balaban J connectivity index is 1.13. The Morgan fingerprint density at radius 1 is 0.727 bits per heavy atom. The molecule has 6 rings (SSSR count). The molecule has 0 saturated heterocycles. The van der Waals surface area contributed by atoms with Crippen molar-refractivity contribution >= 4 is 70.3 Å². The van der Waals surface area contributed by atoms with E-state index in [1.165, 1.54) is 55.5 Å². The van der Waals surface area contributed by atoms with Crippen LogP contribution in [0.3, 0.4) is 0 Å². The highest BCUT2D eigenvalue weighted by Crippen LogP contribution is 2.32. The highest BCUT2D eigenvalue weighted by atomic mass is 32.2. The van der Waals surface area contributed by atoms with Crippen LogP contribution in [0.15, 0.2) is 136 Å². The van der Waals surface area contributed by atoms with Crippen molar-refractivity contribution in [2.45, 2.75) is 34.6 Å². The van der Waals surface area contributed by atoms with Gasteiger partial charge in [0.05, 0.1) is 43.2 Å². The number of nitrogens with zero attached hydrogens (tertiary/aromatic N) is 7. The molecule has 23 heteroatoms. The number of sulfonamides is 1. The first kappa shape index (κ1) is 38.3. The van der Waals surface area contributed by atoms with E-state index in [1.807, 2.05) is 0 Å². The number of aromatic amines is 1. The van der Waals surface area contributed by atoms with Crippen molar-refractivity contribution in [3.05, 3.63) is 107 Å². The minimum absolute atomic E-state index is 0.123. The summed E-state index contributed by atoms with van der Waals surface area (Å²) >= 11 is 0. The summed E-state index contributed by atoms with van der Waals surface area (Å²) in [6, 6.07) is 17.4. The molecular formula is C32H27N9O11S3. The Kier molecular flexibility index (Phi) is 10.1. The molecule has 5 aromatic rings. The third-order valence-electron chi connectivity index (χ3n) is 7.83. The lowest BCUT2D eigenvalue weighted by Gasteiger charge is -2.12. The van der Waals surface area contributed by atoms with Crippen LogP contribution in [0.4, 0.5) is 28.4 Å². The Hall–Kier alpha value is -6.40. The summed E-state index contributed by atoms with van der Waals surface area (Å²) in [5.74, 6) is -1.00. The number of hydrogen-bond donors (Lipinski definition) is 5. The normalized spacial score (nSPS) is 15.3. The molecule has 0 fully saturated rings. The third-order valence-corrected chi connectivity index (χ3v) is 10.9. The summed E-state index contributed by atoms with van der Waals surface area (Å²) in [7, 11) is -13.1. The smallest absolute Gasteiger partial charge is 0.299 e. The van der Waals surface area contributed by atoms with Crippen molar-refractivity contribution in [1.82, 2.24) is 9.78 Å². The summed E-state index contributed by atoms with van der Waals surface area (Å²) in [5.41, 5.74) is 0.222. The molecule has 4 aromatic carbocycles. The van der Waals surface area contributed by atoms with Crippen LogP contribution in [0.1, 0.15) is 12.6 Å². The van der Waals surface area contributed by atoms with E-state index in [4.69, 9.17) is 0 Å². The fourth-order valence-electron chi connectivity index (χ4n) is 5.03. The number of carbonyl (C=O) groups is 1. The van der Waals surface area contributed by atoms with Crippen LogP contribution < -0.4 is 15.3 Å². The number of aromatic hydroxyl groups is 1. The van der Waals surface area contributed by atoms with Crippen LogP contribution >= 0.6 is 0 Å². The minimum atomic E-state index is -4.45. The van der Waals surface area contributed by atoms with E-state index < -0.39 is 53.5 Å².